The maximum atomic E-state index is 12.9. The molecule has 120 valence electrons. The highest BCUT2D eigenvalue weighted by molar-refractivity contribution is 6.38. The first-order valence-electron chi connectivity index (χ1n) is 7.04. The number of carbonyl (C=O) groups is 1. The highest BCUT2D eigenvalue weighted by atomic mass is 35.5. The van der Waals surface area contributed by atoms with Gasteiger partial charge in [0.25, 0.3) is 0 Å². The van der Waals surface area contributed by atoms with Crippen LogP contribution in [0.4, 0.5) is 21.9 Å². The highest BCUT2D eigenvalue weighted by Crippen LogP contribution is 2.29. The number of rotatable bonds is 3. The van der Waals surface area contributed by atoms with Gasteiger partial charge in [0.15, 0.2) is 10.3 Å². The number of aromatic nitrogens is 2. The lowest BCUT2D eigenvalue weighted by Gasteiger charge is -2.23. The van der Waals surface area contributed by atoms with Crippen molar-refractivity contribution >= 4 is 46.3 Å². The minimum absolute atomic E-state index is 0.0735. The molecule has 3 rings (SSSR count). The van der Waals surface area contributed by atoms with Crippen LogP contribution in [0.3, 0.4) is 0 Å². The van der Waals surface area contributed by atoms with Crippen molar-refractivity contribution in [1.29, 1.82) is 0 Å². The predicted octanol–water partition coefficient (Wildman–Crippen LogP) is 5.15. The summed E-state index contributed by atoms with van der Waals surface area (Å²) in [6.07, 6.45) is 1.23. The summed E-state index contributed by atoms with van der Waals surface area (Å²) in [4.78, 5) is 22.0. The lowest BCUT2D eigenvalue weighted by Crippen LogP contribution is -2.31. The fraction of sp³-hybridized carbons (Fsp3) is 0. The second-order valence-electron chi connectivity index (χ2n) is 4.77. The molecule has 0 aliphatic rings. The van der Waals surface area contributed by atoms with Crippen molar-refractivity contribution < 1.29 is 4.79 Å². The van der Waals surface area contributed by atoms with Crippen LogP contribution in [0, 0.1) is 0 Å². The van der Waals surface area contributed by atoms with Gasteiger partial charge in [-0.15, -0.1) is 0 Å². The predicted molar refractivity (Wildman–Crippen MR) is 96.1 cm³/mol. The first-order chi connectivity index (χ1) is 11.7. The van der Waals surface area contributed by atoms with E-state index in [1.54, 1.807) is 0 Å². The summed E-state index contributed by atoms with van der Waals surface area (Å²) in [5.41, 5.74) is 1.57. The fourth-order valence-corrected chi connectivity index (χ4v) is 2.56. The van der Waals surface area contributed by atoms with Crippen LogP contribution in [0.25, 0.3) is 0 Å². The van der Waals surface area contributed by atoms with Gasteiger partial charge in [0.2, 0.25) is 0 Å². The Labute approximate surface area is 148 Å². The summed E-state index contributed by atoms with van der Waals surface area (Å²) >= 11 is 12.0. The van der Waals surface area contributed by atoms with Gasteiger partial charge in [0.05, 0.1) is 11.4 Å². The van der Waals surface area contributed by atoms with Gasteiger partial charge < -0.3 is 5.32 Å². The van der Waals surface area contributed by atoms with E-state index in [1.165, 1.54) is 11.2 Å². The van der Waals surface area contributed by atoms with E-state index in [2.05, 4.69) is 15.3 Å². The van der Waals surface area contributed by atoms with Crippen molar-refractivity contribution in [2.75, 3.05) is 10.2 Å². The molecule has 1 aromatic heterocycles. The fourth-order valence-electron chi connectivity index (χ4n) is 2.15. The van der Waals surface area contributed by atoms with E-state index < -0.39 is 6.03 Å². The number of urea groups is 1. The molecule has 0 saturated heterocycles. The molecule has 24 heavy (non-hydrogen) atoms. The Bertz CT molecular complexity index is 784. The van der Waals surface area contributed by atoms with Crippen LogP contribution in [0.5, 0.6) is 0 Å². The normalized spacial score (nSPS) is 10.2. The Morgan fingerprint density at radius 2 is 1.29 bits per heavy atom. The van der Waals surface area contributed by atoms with Gasteiger partial charge in [-0.25, -0.2) is 14.8 Å². The largest absolute Gasteiger partial charge is 0.331 e. The quantitative estimate of drug-likeness (QED) is 0.658. The van der Waals surface area contributed by atoms with Crippen LogP contribution in [-0.2, 0) is 0 Å². The van der Waals surface area contributed by atoms with Gasteiger partial charge in [0, 0.05) is 0 Å². The van der Waals surface area contributed by atoms with E-state index >= 15 is 0 Å². The number of amides is 2. The van der Waals surface area contributed by atoms with Crippen LogP contribution >= 0.6 is 23.2 Å². The van der Waals surface area contributed by atoms with Gasteiger partial charge in [-0.3, -0.25) is 4.90 Å². The Hall–Kier alpha value is -2.63. The molecular formula is C17H12Cl2N4O. The number of nitrogens with zero attached hydrogens (tertiary/aromatic N) is 3. The van der Waals surface area contributed by atoms with Crippen LogP contribution in [-0.4, -0.2) is 16.0 Å². The number of carbonyl (C=O) groups excluding carboxylic acids is 1. The molecule has 0 atom stereocenters. The summed E-state index contributed by atoms with van der Waals surface area (Å²) in [5.74, 6) is 0. The van der Waals surface area contributed by atoms with E-state index in [4.69, 9.17) is 23.2 Å². The average molecular weight is 359 g/mol. The zero-order valence-electron chi connectivity index (χ0n) is 12.4. The lowest BCUT2D eigenvalue weighted by molar-refractivity contribution is 0.259. The van der Waals surface area contributed by atoms with Crippen molar-refractivity contribution in [2.24, 2.45) is 0 Å². The molecule has 0 aliphatic carbocycles. The number of benzene rings is 2. The van der Waals surface area contributed by atoms with Gasteiger partial charge in [-0.05, 0) is 24.3 Å². The molecule has 7 heteroatoms. The minimum Gasteiger partial charge on any atom is -0.302 e. The maximum Gasteiger partial charge on any atom is 0.331 e. The zero-order chi connectivity index (χ0) is 16.9. The van der Waals surface area contributed by atoms with Crippen LogP contribution in [0.2, 0.25) is 10.3 Å². The number of hydrogen-bond acceptors (Lipinski definition) is 3. The third-order valence-corrected chi connectivity index (χ3v) is 3.79. The molecule has 0 saturated carbocycles. The first-order valence-corrected chi connectivity index (χ1v) is 7.79. The number of halogens is 2. The van der Waals surface area contributed by atoms with Crippen molar-refractivity contribution in [3.63, 3.8) is 0 Å². The molecule has 2 amide bonds. The molecule has 0 fully saturated rings. The van der Waals surface area contributed by atoms with Crippen molar-refractivity contribution in [3.8, 4) is 0 Å². The summed E-state index contributed by atoms with van der Waals surface area (Å²) in [5, 5.41) is 2.82. The van der Waals surface area contributed by atoms with E-state index in [9.17, 15) is 4.79 Å². The number of nitrogens with one attached hydrogen (secondary N) is 1. The van der Waals surface area contributed by atoms with Gasteiger partial charge >= 0.3 is 6.03 Å². The Kier molecular flexibility index (Phi) is 4.93. The van der Waals surface area contributed by atoms with Gasteiger partial charge in [-0.1, -0.05) is 59.6 Å². The topological polar surface area (TPSA) is 58.1 Å². The monoisotopic (exact) mass is 358 g/mol. The van der Waals surface area contributed by atoms with E-state index in [-0.39, 0.29) is 16.0 Å². The number of hydrogen-bond donors (Lipinski definition) is 1. The molecule has 0 bridgehead atoms. The molecule has 0 unspecified atom stereocenters. The first kappa shape index (κ1) is 16.2. The average Bonchev–Trinajstić information content (AvgIpc) is 2.60. The Morgan fingerprint density at radius 1 is 0.833 bits per heavy atom. The summed E-state index contributed by atoms with van der Waals surface area (Å²) in [6.45, 7) is 0. The number of anilines is 3. The second-order valence-corrected chi connectivity index (χ2v) is 5.48. The molecule has 0 aliphatic heterocycles. The standard InChI is InChI=1S/C17H12Cl2N4O/c18-15-14(16(19)21-11-20-15)22-17(24)23(12-7-3-1-4-8-12)13-9-5-2-6-10-13/h1-11H,(H,22,24). The number of para-hydroxylation sites is 2. The van der Waals surface area contributed by atoms with E-state index in [0.717, 1.165) is 0 Å². The molecule has 3 aromatic rings. The summed E-state index contributed by atoms with van der Waals surface area (Å²) in [7, 11) is 0. The smallest absolute Gasteiger partial charge is 0.302 e. The van der Waals surface area contributed by atoms with Gasteiger partial charge in [-0.2, -0.15) is 0 Å². The third-order valence-electron chi connectivity index (χ3n) is 3.22. The molecular weight excluding hydrogens is 347 g/mol. The van der Waals surface area contributed by atoms with Gasteiger partial charge in [0.1, 0.15) is 12.0 Å². The third kappa shape index (κ3) is 3.48. The van der Waals surface area contributed by atoms with Crippen molar-refractivity contribution in [2.45, 2.75) is 0 Å². The Balaban J connectivity index is 1.99. The van der Waals surface area contributed by atoms with E-state index in [0.29, 0.717) is 11.4 Å². The Morgan fingerprint density at radius 3 is 1.75 bits per heavy atom. The zero-order valence-corrected chi connectivity index (χ0v) is 13.9. The molecule has 0 spiro atoms. The summed E-state index contributed by atoms with van der Waals surface area (Å²) in [6, 6.07) is 18.1. The minimum atomic E-state index is -0.425. The molecule has 0 radical (unpaired) electrons. The second kappa shape index (κ2) is 7.29. The highest BCUT2D eigenvalue weighted by Gasteiger charge is 2.20. The van der Waals surface area contributed by atoms with Crippen LogP contribution in [0.1, 0.15) is 0 Å². The maximum absolute atomic E-state index is 12.9. The van der Waals surface area contributed by atoms with Crippen LogP contribution < -0.4 is 10.2 Å². The van der Waals surface area contributed by atoms with Crippen molar-refractivity contribution in [3.05, 3.63) is 77.3 Å². The molecule has 5 nitrogen and oxygen atoms in total. The van der Waals surface area contributed by atoms with Crippen molar-refractivity contribution in [1.82, 2.24) is 9.97 Å². The molecule has 2 aromatic carbocycles. The van der Waals surface area contributed by atoms with Crippen LogP contribution in [0.15, 0.2) is 67.0 Å². The van der Waals surface area contributed by atoms with E-state index in [1.807, 2.05) is 60.7 Å². The molecule has 1 N–H and O–H groups in total. The summed E-state index contributed by atoms with van der Waals surface area (Å²) < 4.78 is 0. The molecule has 1 heterocycles. The lowest BCUT2D eigenvalue weighted by atomic mass is 10.2. The SMILES string of the molecule is O=C(Nc1c(Cl)ncnc1Cl)N(c1ccccc1)c1ccccc1.